The molecule has 0 aliphatic heterocycles. The van der Waals surface area contributed by atoms with Gasteiger partial charge in [0.15, 0.2) is 0 Å². The minimum absolute atomic E-state index is 0.148. The minimum atomic E-state index is -1.11. The summed E-state index contributed by atoms with van der Waals surface area (Å²) in [6.07, 6.45) is 0.714. The zero-order valence-electron chi connectivity index (χ0n) is 11.0. The number of carboxylic acid groups (broad SMARTS) is 1. The lowest BCUT2D eigenvalue weighted by Gasteiger charge is -2.13. The molecule has 1 atom stereocenters. The van der Waals surface area contributed by atoms with Crippen molar-refractivity contribution >= 4 is 17.6 Å². The van der Waals surface area contributed by atoms with Crippen LogP contribution >= 0.6 is 0 Å². The lowest BCUT2D eigenvalue weighted by atomic mass is 10.1. The summed E-state index contributed by atoms with van der Waals surface area (Å²) in [6.45, 7) is 1.81. The van der Waals surface area contributed by atoms with Gasteiger partial charge in [-0.2, -0.15) is 0 Å². The second-order valence-corrected chi connectivity index (χ2v) is 4.31. The fourth-order valence-corrected chi connectivity index (χ4v) is 1.80. The Labute approximate surface area is 115 Å². The molecule has 0 saturated carbocycles. The van der Waals surface area contributed by atoms with E-state index in [2.05, 4.69) is 5.32 Å². The first-order chi connectivity index (χ1) is 9.45. The summed E-state index contributed by atoms with van der Waals surface area (Å²) in [4.78, 5) is 33.0. The third kappa shape index (κ3) is 4.34. The van der Waals surface area contributed by atoms with E-state index >= 15 is 0 Å². The average Bonchev–Trinajstić information content (AvgIpc) is 2.38. The molecule has 0 bridgehead atoms. The highest BCUT2D eigenvalue weighted by Gasteiger charge is 2.21. The average molecular weight is 280 g/mol. The second-order valence-electron chi connectivity index (χ2n) is 4.31. The lowest BCUT2D eigenvalue weighted by Crippen LogP contribution is -2.41. The van der Waals surface area contributed by atoms with E-state index in [1.165, 1.54) is 18.2 Å². The molecule has 0 spiro atoms. The van der Waals surface area contributed by atoms with Gasteiger partial charge in [0.2, 0.25) is 5.91 Å². The van der Waals surface area contributed by atoms with E-state index in [0.29, 0.717) is 12.8 Å². The van der Waals surface area contributed by atoms with E-state index in [0.717, 1.165) is 0 Å². The van der Waals surface area contributed by atoms with Gasteiger partial charge in [-0.3, -0.25) is 14.9 Å². The Morgan fingerprint density at radius 2 is 2.05 bits per heavy atom. The van der Waals surface area contributed by atoms with Crippen LogP contribution < -0.4 is 5.32 Å². The molecule has 0 fully saturated rings. The first kappa shape index (κ1) is 15.6. The van der Waals surface area contributed by atoms with Crippen molar-refractivity contribution in [3.05, 3.63) is 39.9 Å². The zero-order valence-corrected chi connectivity index (χ0v) is 11.0. The Morgan fingerprint density at radius 1 is 1.40 bits per heavy atom. The zero-order chi connectivity index (χ0) is 15.1. The maximum atomic E-state index is 11.8. The van der Waals surface area contributed by atoms with Crippen LogP contribution in [0.2, 0.25) is 0 Å². The molecule has 7 nitrogen and oxygen atoms in total. The van der Waals surface area contributed by atoms with Gasteiger partial charge in [-0.25, -0.2) is 4.79 Å². The summed E-state index contributed by atoms with van der Waals surface area (Å²) in [7, 11) is 0. The molecule has 0 aliphatic rings. The standard InChI is InChI=1S/C13H16N2O5/c1-2-5-10(13(17)18)14-12(16)8-9-6-3-4-7-11(9)15(19)20/h3-4,6-7,10H,2,5,8H2,1H3,(H,14,16)(H,17,18). The molecule has 0 radical (unpaired) electrons. The number of carbonyl (C=O) groups excluding carboxylic acids is 1. The first-order valence-electron chi connectivity index (χ1n) is 6.20. The molecule has 108 valence electrons. The van der Waals surface area contributed by atoms with Crippen molar-refractivity contribution in [3.8, 4) is 0 Å². The van der Waals surface area contributed by atoms with Crippen LogP contribution in [0.1, 0.15) is 25.3 Å². The monoisotopic (exact) mass is 280 g/mol. The molecule has 1 aromatic rings. The first-order valence-corrected chi connectivity index (χ1v) is 6.20. The van der Waals surface area contributed by atoms with Crippen molar-refractivity contribution in [2.45, 2.75) is 32.2 Å². The Bertz CT molecular complexity index is 515. The Hall–Kier alpha value is -2.44. The lowest BCUT2D eigenvalue weighted by molar-refractivity contribution is -0.385. The predicted molar refractivity (Wildman–Crippen MR) is 71.3 cm³/mol. The maximum Gasteiger partial charge on any atom is 0.326 e. The molecule has 0 aromatic heterocycles. The number of nitrogens with zero attached hydrogens (tertiary/aromatic N) is 1. The van der Waals surface area contributed by atoms with Gasteiger partial charge in [0, 0.05) is 11.6 Å². The molecule has 1 rings (SSSR count). The summed E-state index contributed by atoms with van der Waals surface area (Å²) >= 11 is 0. The van der Waals surface area contributed by atoms with Crippen molar-refractivity contribution in [2.24, 2.45) is 0 Å². The summed E-state index contributed by atoms with van der Waals surface area (Å²) in [5, 5.41) is 22.1. The van der Waals surface area contributed by atoms with E-state index in [1.54, 1.807) is 6.07 Å². The number of hydrogen-bond donors (Lipinski definition) is 2. The normalized spacial score (nSPS) is 11.7. The molecular formula is C13H16N2O5. The van der Waals surface area contributed by atoms with Gasteiger partial charge < -0.3 is 10.4 Å². The Kier molecular flexibility index (Phi) is 5.64. The van der Waals surface area contributed by atoms with Crippen molar-refractivity contribution in [1.82, 2.24) is 5.32 Å². The van der Waals surface area contributed by atoms with Crippen LogP contribution in [0, 0.1) is 10.1 Å². The maximum absolute atomic E-state index is 11.8. The number of nitrogens with one attached hydrogen (secondary N) is 1. The van der Waals surface area contributed by atoms with Crippen LogP contribution in [0.3, 0.4) is 0 Å². The summed E-state index contributed by atoms with van der Waals surface area (Å²) in [5.41, 5.74) is 0.112. The number of hydrogen-bond acceptors (Lipinski definition) is 4. The van der Waals surface area contributed by atoms with Crippen molar-refractivity contribution in [1.29, 1.82) is 0 Å². The number of aliphatic carboxylic acids is 1. The highest BCUT2D eigenvalue weighted by molar-refractivity contribution is 5.85. The van der Waals surface area contributed by atoms with Crippen molar-refractivity contribution < 1.29 is 19.6 Å². The number of rotatable bonds is 7. The van der Waals surface area contributed by atoms with Gasteiger partial charge in [0.25, 0.3) is 5.69 Å². The molecule has 0 saturated heterocycles. The van der Waals surface area contributed by atoms with Crippen LogP contribution in [0.4, 0.5) is 5.69 Å². The van der Waals surface area contributed by atoms with Gasteiger partial charge in [-0.05, 0) is 6.42 Å². The Balaban J connectivity index is 2.76. The molecule has 1 amide bonds. The molecule has 1 unspecified atom stereocenters. The minimum Gasteiger partial charge on any atom is -0.480 e. The van der Waals surface area contributed by atoms with Crippen LogP contribution in [0.5, 0.6) is 0 Å². The quantitative estimate of drug-likeness (QED) is 0.581. The van der Waals surface area contributed by atoms with Gasteiger partial charge in [0.05, 0.1) is 11.3 Å². The highest BCUT2D eigenvalue weighted by Crippen LogP contribution is 2.18. The fourth-order valence-electron chi connectivity index (χ4n) is 1.80. The number of amides is 1. The molecule has 7 heteroatoms. The molecular weight excluding hydrogens is 264 g/mol. The van der Waals surface area contributed by atoms with Crippen molar-refractivity contribution in [3.63, 3.8) is 0 Å². The highest BCUT2D eigenvalue weighted by atomic mass is 16.6. The van der Waals surface area contributed by atoms with Gasteiger partial charge in [0.1, 0.15) is 6.04 Å². The summed E-state index contributed by atoms with van der Waals surface area (Å²) < 4.78 is 0. The van der Waals surface area contributed by atoms with E-state index in [1.807, 2.05) is 6.92 Å². The second kappa shape index (κ2) is 7.22. The van der Waals surface area contributed by atoms with E-state index in [9.17, 15) is 19.7 Å². The number of nitro groups is 1. The van der Waals surface area contributed by atoms with E-state index in [-0.39, 0.29) is 17.7 Å². The van der Waals surface area contributed by atoms with Crippen LogP contribution in [0.15, 0.2) is 24.3 Å². The number of carbonyl (C=O) groups is 2. The fraction of sp³-hybridized carbons (Fsp3) is 0.385. The van der Waals surface area contributed by atoms with Gasteiger partial charge in [-0.1, -0.05) is 31.5 Å². The van der Waals surface area contributed by atoms with Gasteiger partial charge in [-0.15, -0.1) is 0 Å². The SMILES string of the molecule is CCCC(NC(=O)Cc1ccccc1[N+](=O)[O-])C(=O)O. The number of para-hydroxylation sites is 1. The van der Waals surface area contributed by atoms with Crippen LogP contribution in [0.25, 0.3) is 0 Å². The van der Waals surface area contributed by atoms with Crippen LogP contribution in [-0.4, -0.2) is 27.9 Å². The van der Waals surface area contributed by atoms with Crippen molar-refractivity contribution in [2.75, 3.05) is 0 Å². The predicted octanol–water partition coefficient (Wildman–Crippen LogP) is 1.51. The Morgan fingerprint density at radius 3 is 2.60 bits per heavy atom. The molecule has 0 aliphatic carbocycles. The van der Waals surface area contributed by atoms with E-state index < -0.39 is 22.8 Å². The molecule has 2 N–H and O–H groups in total. The molecule has 1 aromatic carbocycles. The largest absolute Gasteiger partial charge is 0.480 e. The third-order valence-corrected chi connectivity index (χ3v) is 2.75. The summed E-state index contributed by atoms with van der Waals surface area (Å²) in [5.74, 6) is -1.65. The number of nitro benzene ring substituents is 1. The van der Waals surface area contributed by atoms with Crippen LogP contribution in [-0.2, 0) is 16.0 Å². The topological polar surface area (TPSA) is 110 Å². The van der Waals surface area contributed by atoms with Gasteiger partial charge >= 0.3 is 5.97 Å². The molecule has 20 heavy (non-hydrogen) atoms. The number of carboxylic acids is 1. The molecule has 0 heterocycles. The smallest absolute Gasteiger partial charge is 0.326 e. The van der Waals surface area contributed by atoms with E-state index in [4.69, 9.17) is 5.11 Å². The number of benzene rings is 1. The summed E-state index contributed by atoms with van der Waals surface area (Å²) in [6, 6.07) is 4.93. The third-order valence-electron chi connectivity index (χ3n) is 2.75.